The SMILES string of the molecule is CCCC1CCC(C)(C#N)CC1. The van der Waals surface area contributed by atoms with Crippen LogP contribution in [0, 0.1) is 22.7 Å². The van der Waals surface area contributed by atoms with Gasteiger partial charge in [-0.1, -0.05) is 19.8 Å². The maximum Gasteiger partial charge on any atom is 0.0686 e. The first-order valence-corrected chi connectivity index (χ1v) is 5.11. The number of rotatable bonds is 2. The minimum absolute atomic E-state index is 0.00421. The standard InChI is InChI=1S/C11H19N/c1-3-4-10-5-7-11(2,9-12)8-6-10/h10H,3-8H2,1-2H3. The van der Waals surface area contributed by atoms with Gasteiger partial charge in [0.25, 0.3) is 0 Å². The van der Waals surface area contributed by atoms with E-state index >= 15 is 0 Å². The normalized spacial score (nSPS) is 35.9. The Kier molecular flexibility index (Phi) is 3.14. The Hall–Kier alpha value is -0.510. The van der Waals surface area contributed by atoms with Crippen LogP contribution in [0.3, 0.4) is 0 Å². The molecule has 1 saturated carbocycles. The Morgan fingerprint density at radius 1 is 1.42 bits per heavy atom. The molecule has 68 valence electrons. The maximum absolute atomic E-state index is 8.92. The molecule has 0 aromatic rings. The molecule has 1 fully saturated rings. The van der Waals surface area contributed by atoms with Gasteiger partial charge in [0, 0.05) is 0 Å². The molecule has 0 spiro atoms. The van der Waals surface area contributed by atoms with Crippen molar-refractivity contribution in [1.29, 1.82) is 5.26 Å². The molecule has 1 rings (SSSR count). The van der Waals surface area contributed by atoms with Crippen LogP contribution in [-0.4, -0.2) is 0 Å². The molecule has 0 atom stereocenters. The van der Waals surface area contributed by atoms with Crippen LogP contribution < -0.4 is 0 Å². The molecule has 1 nitrogen and oxygen atoms in total. The third kappa shape index (κ3) is 2.24. The quantitative estimate of drug-likeness (QED) is 0.614. The van der Waals surface area contributed by atoms with E-state index in [1.54, 1.807) is 0 Å². The van der Waals surface area contributed by atoms with E-state index < -0.39 is 0 Å². The summed E-state index contributed by atoms with van der Waals surface area (Å²) in [4.78, 5) is 0. The summed E-state index contributed by atoms with van der Waals surface area (Å²) in [6.45, 7) is 4.35. The molecule has 0 bridgehead atoms. The van der Waals surface area contributed by atoms with Crippen molar-refractivity contribution in [3.63, 3.8) is 0 Å². The summed E-state index contributed by atoms with van der Waals surface area (Å²) >= 11 is 0. The monoisotopic (exact) mass is 165 g/mol. The van der Waals surface area contributed by atoms with Gasteiger partial charge in [-0.25, -0.2) is 0 Å². The van der Waals surface area contributed by atoms with Crippen LogP contribution in [0.2, 0.25) is 0 Å². The van der Waals surface area contributed by atoms with Crippen molar-refractivity contribution in [2.75, 3.05) is 0 Å². The van der Waals surface area contributed by atoms with Gasteiger partial charge in [-0.3, -0.25) is 0 Å². The van der Waals surface area contributed by atoms with Crippen LogP contribution in [0.25, 0.3) is 0 Å². The fourth-order valence-electron chi connectivity index (χ4n) is 2.12. The van der Waals surface area contributed by atoms with Gasteiger partial charge < -0.3 is 0 Å². The highest BCUT2D eigenvalue weighted by Gasteiger charge is 2.30. The van der Waals surface area contributed by atoms with Gasteiger partial charge in [0.15, 0.2) is 0 Å². The molecule has 0 aromatic heterocycles. The van der Waals surface area contributed by atoms with Gasteiger partial charge >= 0.3 is 0 Å². The topological polar surface area (TPSA) is 23.8 Å². The van der Waals surface area contributed by atoms with Gasteiger partial charge in [-0.05, 0) is 38.5 Å². The second-order valence-electron chi connectivity index (χ2n) is 4.40. The van der Waals surface area contributed by atoms with E-state index in [0.717, 1.165) is 18.8 Å². The fourth-order valence-corrected chi connectivity index (χ4v) is 2.12. The van der Waals surface area contributed by atoms with Gasteiger partial charge in [0.1, 0.15) is 0 Å². The van der Waals surface area contributed by atoms with Crippen LogP contribution in [0.5, 0.6) is 0 Å². The molecule has 1 aliphatic carbocycles. The zero-order chi connectivity index (χ0) is 9.03. The predicted molar refractivity (Wildman–Crippen MR) is 50.6 cm³/mol. The summed E-state index contributed by atoms with van der Waals surface area (Å²) in [5, 5.41) is 8.92. The molecule has 1 heteroatoms. The van der Waals surface area contributed by atoms with E-state index in [4.69, 9.17) is 5.26 Å². The highest BCUT2D eigenvalue weighted by atomic mass is 14.4. The lowest BCUT2D eigenvalue weighted by Gasteiger charge is -2.31. The van der Waals surface area contributed by atoms with Crippen molar-refractivity contribution < 1.29 is 0 Å². The van der Waals surface area contributed by atoms with Crippen molar-refractivity contribution in [3.8, 4) is 6.07 Å². The molecule has 0 N–H and O–H groups in total. The predicted octanol–water partition coefficient (Wildman–Crippen LogP) is 3.51. The summed E-state index contributed by atoms with van der Waals surface area (Å²) in [5.74, 6) is 0.913. The van der Waals surface area contributed by atoms with E-state index in [1.165, 1.54) is 25.7 Å². The van der Waals surface area contributed by atoms with Gasteiger partial charge in [0.2, 0.25) is 0 Å². The zero-order valence-electron chi connectivity index (χ0n) is 8.27. The second kappa shape index (κ2) is 3.94. The average molecular weight is 165 g/mol. The summed E-state index contributed by atoms with van der Waals surface area (Å²) in [5.41, 5.74) is 0.00421. The summed E-state index contributed by atoms with van der Waals surface area (Å²) < 4.78 is 0. The molecular weight excluding hydrogens is 146 g/mol. The van der Waals surface area contributed by atoms with Crippen LogP contribution >= 0.6 is 0 Å². The lowest BCUT2D eigenvalue weighted by atomic mass is 9.72. The molecule has 12 heavy (non-hydrogen) atoms. The minimum Gasteiger partial charge on any atom is -0.198 e. The third-order valence-electron chi connectivity index (χ3n) is 3.18. The van der Waals surface area contributed by atoms with Crippen LogP contribution in [0.4, 0.5) is 0 Å². The summed E-state index contributed by atoms with van der Waals surface area (Å²) in [6.07, 6.45) is 7.45. The Morgan fingerprint density at radius 3 is 2.42 bits per heavy atom. The van der Waals surface area contributed by atoms with E-state index in [2.05, 4.69) is 19.9 Å². The molecule has 0 aliphatic heterocycles. The lowest BCUT2D eigenvalue weighted by Crippen LogP contribution is -2.22. The first-order chi connectivity index (χ1) is 5.70. The largest absolute Gasteiger partial charge is 0.198 e. The second-order valence-corrected chi connectivity index (χ2v) is 4.40. The smallest absolute Gasteiger partial charge is 0.0686 e. The highest BCUT2D eigenvalue weighted by molar-refractivity contribution is 4.98. The minimum atomic E-state index is 0.00421. The lowest BCUT2D eigenvalue weighted by molar-refractivity contribution is 0.220. The maximum atomic E-state index is 8.92. The Balaban J connectivity index is 2.35. The molecule has 0 aromatic carbocycles. The first-order valence-electron chi connectivity index (χ1n) is 5.11. The Morgan fingerprint density at radius 2 is 2.00 bits per heavy atom. The number of nitrogens with zero attached hydrogens (tertiary/aromatic N) is 1. The van der Waals surface area contributed by atoms with Crippen LogP contribution in [0.15, 0.2) is 0 Å². The molecular formula is C11H19N. The Bertz CT molecular complexity index is 170. The van der Waals surface area contributed by atoms with Crippen molar-refractivity contribution in [1.82, 2.24) is 0 Å². The molecule has 0 saturated heterocycles. The zero-order valence-corrected chi connectivity index (χ0v) is 8.27. The average Bonchev–Trinajstić information content (AvgIpc) is 2.10. The highest BCUT2D eigenvalue weighted by Crippen LogP contribution is 2.39. The van der Waals surface area contributed by atoms with Crippen molar-refractivity contribution in [3.05, 3.63) is 0 Å². The van der Waals surface area contributed by atoms with Crippen LogP contribution in [0.1, 0.15) is 52.4 Å². The molecule has 0 amide bonds. The van der Waals surface area contributed by atoms with E-state index in [0.29, 0.717) is 0 Å². The van der Waals surface area contributed by atoms with E-state index in [1.807, 2.05) is 0 Å². The molecule has 1 aliphatic rings. The van der Waals surface area contributed by atoms with Gasteiger partial charge in [0.05, 0.1) is 11.5 Å². The number of hydrogen-bond acceptors (Lipinski definition) is 1. The third-order valence-corrected chi connectivity index (χ3v) is 3.18. The van der Waals surface area contributed by atoms with Crippen molar-refractivity contribution in [2.45, 2.75) is 52.4 Å². The molecule has 0 unspecified atom stereocenters. The summed E-state index contributed by atoms with van der Waals surface area (Å²) in [6, 6.07) is 2.44. The van der Waals surface area contributed by atoms with E-state index in [9.17, 15) is 0 Å². The van der Waals surface area contributed by atoms with Crippen molar-refractivity contribution in [2.24, 2.45) is 11.3 Å². The summed E-state index contributed by atoms with van der Waals surface area (Å²) in [7, 11) is 0. The fraction of sp³-hybridized carbons (Fsp3) is 0.909. The van der Waals surface area contributed by atoms with E-state index in [-0.39, 0.29) is 5.41 Å². The first kappa shape index (κ1) is 9.58. The van der Waals surface area contributed by atoms with Gasteiger partial charge in [-0.15, -0.1) is 0 Å². The number of hydrogen-bond donors (Lipinski definition) is 0. The van der Waals surface area contributed by atoms with Crippen LogP contribution in [-0.2, 0) is 0 Å². The van der Waals surface area contributed by atoms with Crippen molar-refractivity contribution >= 4 is 0 Å². The molecule has 0 radical (unpaired) electrons. The molecule has 0 heterocycles. The number of nitriles is 1. The van der Waals surface area contributed by atoms with Gasteiger partial charge in [-0.2, -0.15) is 5.26 Å². The Labute approximate surface area is 75.8 Å².